The van der Waals surface area contributed by atoms with Crippen LogP contribution >= 0.6 is 11.6 Å². The van der Waals surface area contributed by atoms with E-state index in [9.17, 15) is 19.6 Å². The number of aromatic nitrogens is 2. The van der Waals surface area contributed by atoms with Crippen LogP contribution in [-0.2, 0) is 9.59 Å². The Morgan fingerprint density at radius 1 is 1.33 bits per heavy atom. The summed E-state index contributed by atoms with van der Waals surface area (Å²) in [6.07, 6.45) is 4.87. The normalized spacial score (nSPS) is 19.4. The van der Waals surface area contributed by atoms with Gasteiger partial charge in [-0.05, 0) is 31.2 Å². The van der Waals surface area contributed by atoms with E-state index in [1.165, 1.54) is 13.3 Å². The number of hydrogen-bond donors (Lipinski definition) is 4. The van der Waals surface area contributed by atoms with Gasteiger partial charge in [0.05, 0.1) is 24.9 Å². The second kappa shape index (κ2) is 9.67. The van der Waals surface area contributed by atoms with Gasteiger partial charge in [-0.3, -0.25) is 14.4 Å². The molecule has 3 heterocycles. The molecule has 174 valence electrons. The number of hydrogen-bond acceptors (Lipinski definition) is 6. The quantitative estimate of drug-likeness (QED) is 0.436. The molecule has 0 spiro atoms. The van der Waals surface area contributed by atoms with Crippen molar-refractivity contribution in [3.05, 3.63) is 23.0 Å². The van der Waals surface area contributed by atoms with Crippen LogP contribution in [0.5, 0.6) is 5.88 Å². The van der Waals surface area contributed by atoms with Crippen molar-refractivity contribution in [1.82, 2.24) is 25.9 Å². The monoisotopic (exact) mass is 472 g/mol. The third-order valence-corrected chi connectivity index (χ3v) is 6.43. The van der Waals surface area contributed by atoms with Crippen molar-refractivity contribution in [1.29, 1.82) is 5.26 Å². The molecule has 2 aliphatic rings. The molecule has 11 heteroatoms. The van der Waals surface area contributed by atoms with Gasteiger partial charge in [-0.25, -0.2) is 4.98 Å². The molecule has 10 nitrogen and oxygen atoms in total. The van der Waals surface area contributed by atoms with Gasteiger partial charge in [-0.1, -0.05) is 24.4 Å². The number of aromatic amines is 1. The zero-order valence-corrected chi connectivity index (χ0v) is 18.9. The first kappa shape index (κ1) is 22.9. The average Bonchev–Trinajstić information content (AvgIpc) is 3.36. The maximum atomic E-state index is 13.0. The Morgan fingerprint density at radius 2 is 2.12 bits per heavy atom. The molecule has 4 rings (SSSR count). The van der Waals surface area contributed by atoms with E-state index < -0.39 is 23.9 Å². The molecule has 3 unspecified atom stereocenters. The molecule has 4 N–H and O–H groups in total. The Balaban J connectivity index is 1.45. The van der Waals surface area contributed by atoms with E-state index in [4.69, 9.17) is 16.3 Å². The number of methoxy groups -OCH3 is 1. The molecule has 0 radical (unpaired) electrons. The number of pyridine rings is 1. The highest BCUT2D eigenvalue weighted by atomic mass is 35.5. The summed E-state index contributed by atoms with van der Waals surface area (Å²) in [5.74, 6) is -0.695. The van der Waals surface area contributed by atoms with Crippen molar-refractivity contribution in [3.8, 4) is 11.9 Å². The summed E-state index contributed by atoms with van der Waals surface area (Å²) in [7, 11) is 1.45. The molecule has 0 bridgehead atoms. The van der Waals surface area contributed by atoms with E-state index in [0.29, 0.717) is 36.2 Å². The average molecular weight is 473 g/mol. The number of amides is 3. The molecule has 2 fully saturated rings. The second-order valence-corrected chi connectivity index (χ2v) is 8.88. The van der Waals surface area contributed by atoms with E-state index >= 15 is 0 Å². The van der Waals surface area contributed by atoms with Gasteiger partial charge in [0.15, 0.2) is 0 Å². The van der Waals surface area contributed by atoms with Crippen LogP contribution in [0.1, 0.15) is 42.6 Å². The van der Waals surface area contributed by atoms with E-state index in [1.54, 1.807) is 6.07 Å². The van der Waals surface area contributed by atoms with Crippen LogP contribution in [-0.4, -0.2) is 53.4 Å². The SMILES string of the molecule is COc1ncc2[nH]c(C(=O)NC(CC3CC3)C(=O)NC(C#N)CC3CCNC3=O)cc2c1Cl. The van der Waals surface area contributed by atoms with E-state index in [2.05, 4.69) is 32.0 Å². The van der Waals surface area contributed by atoms with Crippen LogP contribution < -0.4 is 20.7 Å². The highest BCUT2D eigenvalue weighted by molar-refractivity contribution is 6.36. The van der Waals surface area contributed by atoms with Crippen molar-refractivity contribution in [2.24, 2.45) is 11.8 Å². The number of H-pyrrole nitrogens is 1. The lowest BCUT2D eigenvalue weighted by atomic mass is 9.98. The molecule has 2 aromatic heterocycles. The van der Waals surface area contributed by atoms with Crippen LogP contribution in [0.2, 0.25) is 5.02 Å². The highest BCUT2D eigenvalue weighted by Crippen LogP contribution is 2.34. The fourth-order valence-corrected chi connectivity index (χ4v) is 4.32. The fourth-order valence-electron chi connectivity index (χ4n) is 4.04. The summed E-state index contributed by atoms with van der Waals surface area (Å²) >= 11 is 6.28. The molecular weight excluding hydrogens is 448 g/mol. The molecular formula is C22H25ClN6O4. The number of carbonyl (C=O) groups is 3. The molecule has 1 saturated heterocycles. The van der Waals surface area contributed by atoms with Crippen molar-refractivity contribution in [3.63, 3.8) is 0 Å². The summed E-state index contributed by atoms with van der Waals surface area (Å²) in [5.41, 5.74) is 0.795. The van der Waals surface area contributed by atoms with Gasteiger partial charge in [0, 0.05) is 17.8 Å². The molecule has 0 aromatic carbocycles. The van der Waals surface area contributed by atoms with E-state index in [0.717, 1.165) is 12.8 Å². The molecule has 1 aliphatic heterocycles. The smallest absolute Gasteiger partial charge is 0.268 e. The van der Waals surface area contributed by atoms with Gasteiger partial charge in [0.25, 0.3) is 5.91 Å². The molecule has 1 saturated carbocycles. The van der Waals surface area contributed by atoms with Crippen LogP contribution in [0.3, 0.4) is 0 Å². The summed E-state index contributed by atoms with van der Waals surface area (Å²) in [5, 5.41) is 18.6. The Kier molecular flexibility index (Phi) is 6.70. The van der Waals surface area contributed by atoms with Crippen LogP contribution in [0, 0.1) is 23.2 Å². The summed E-state index contributed by atoms with van der Waals surface area (Å²) in [6, 6.07) is 2.03. The predicted octanol–water partition coefficient (Wildman–Crippen LogP) is 1.66. The molecule has 1 aliphatic carbocycles. The predicted molar refractivity (Wildman–Crippen MR) is 120 cm³/mol. The number of nitrogens with zero attached hydrogens (tertiary/aromatic N) is 2. The van der Waals surface area contributed by atoms with Crippen molar-refractivity contribution < 1.29 is 19.1 Å². The number of nitriles is 1. The lowest BCUT2D eigenvalue weighted by Gasteiger charge is -2.21. The largest absolute Gasteiger partial charge is 0.480 e. The maximum Gasteiger partial charge on any atom is 0.268 e. The highest BCUT2D eigenvalue weighted by Gasteiger charge is 2.33. The Bertz CT molecular complexity index is 1120. The number of rotatable bonds is 9. The Labute approximate surface area is 195 Å². The zero-order valence-electron chi connectivity index (χ0n) is 18.1. The molecule has 3 atom stereocenters. The Morgan fingerprint density at radius 3 is 2.76 bits per heavy atom. The van der Waals surface area contributed by atoms with E-state index in [-0.39, 0.29) is 34.8 Å². The standard InChI is InChI=1S/C22H25ClN6O4/c1-33-22-18(23)14-8-16(28-17(14)10-26-22)21(32)29-15(6-11-2-3-11)20(31)27-13(9-24)7-12-4-5-25-19(12)30/h8,10-13,15,28H,2-7H2,1H3,(H,25,30)(H,27,31)(H,29,32). The number of ether oxygens (including phenoxy) is 1. The van der Waals surface area contributed by atoms with Gasteiger partial charge in [0.2, 0.25) is 17.7 Å². The minimum atomic E-state index is -0.810. The maximum absolute atomic E-state index is 13.0. The first-order valence-electron chi connectivity index (χ1n) is 10.9. The minimum absolute atomic E-state index is 0.101. The van der Waals surface area contributed by atoms with Crippen LogP contribution in [0.25, 0.3) is 10.9 Å². The molecule has 3 amide bonds. The lowest BCUT2D eigenvalue weighted by Crippen LogP contribution is -2.50. The molecule has 2 aromatic rings. The number of nitrogens with one attached hydrogen (secondary N) is 4. The topological polar surface area (TPSA) is 149 Å². The third kappa shape index (κ3) is 5.20. The Hall–Kier alpha value is -3.32. The lowest BCUT2D eigenvalue weighted by molar-refractivity contribution is -0.125. The minimum Gasteiger partial charge on any atom is -0.480 e. The van der Waals surface area contributed by atoms with Gasteiger partial charge in [-0.15, -0.1) is 0 Å². The summed E-state index contributed by atoms with van der Waals surface area (Å²) in [4.78, 5) is 44.8. The van der Waals surface area contributed by atoms with Crippen molar-refractivity contribution in [2.45, 2.75) is 44.2 Å². The van der Waals surface area contributed by atoms with Gasteiger partial charge in [-0.2, -0.15) is 5.26 Å². The number of fused-ring (bicyclic) bond motifs is 1. The van der Waals surface area contributed by atoms with Gasteiger partial charge < -0.3 is 25.7 Å². The van der Waals surface area contributed by atoms with Gasteiger partial charge >= 0.3 is 0 Å². The summed E-state index contributed by atoms with van der Waals surface area (Å²) < 4.78 is 5.11. The van der Waals surface area contributed by atoms with Crippen LogP contribution in [0.4, 0.5) is 0 Å². The second-order valence-electron chi connectivity index (χ2n) is 8.50. The number of carbonyl (C=O) groups excluding carboxylic acids is 3. The number of halogens is 1. The first-order valence-corrected chi connectivity index (χ1v) is 11.3. The molecule has 33 heavy (non-hydrogen) atoms. The van der Waals surface area contributed by atoms with Gasteiger partial charge in [0.1, 0.15) is 22.8 Å². The van der Waals surface area contributed by atoms with Crippen LogP contribution in [0.15, 0.2) is 12.3 Å². The fraction of sp³-hybridized carbons (Fsp3) is 0.500. The summed E-state index contributed by atoms with van der Waals surface area (Å²) in [6.45, 7) is 0.575. The van der Waals surface area contributed by atoms with Crippen molar-refractivity contribution >= 4 is 40.2 Å². The van der Waals surface area contributed by atoms with Crippen molar-refractivity contribution in [2.75, 3.05) is 13.7 Å². The third-order valence-electron chi connectivity index (χ3n) is 6.06. The first-order chi connectivity index (χ1) is 15.9. The van der Waals surface area contributed by atoms with E-state index in [1.807, 2.05) is 0 Å². The zero-order chi connectivity index (χ0) is 23.5.